The van der Waals surface area contributed by atoms with Gasteiger partial charge in [-0.2, -0.15) is 4.98 Å². The minimum Gasteiger partial charge on any atom is -0.364 e. The van der Waals surface area contributed by atoms with Crippen LogP contribution in [0.3, 0.4) is 0 Å². The lowest BCUT2D eigenvalue weighted by Gasteiger charge is -2.35. The Morgan fingerprint density at radius 1 is 1.30 bits per heavy atom. The second kappa shape index (κ2) is 5.77. The Hall–Kier alpha value is -1.02. The Kier molecular flexibility index (Phi) is 4.02. The summed E-state index contributed by atoms with van der Waals surface area (Å²) in [6, 6.07) is 0.193. The van der Waals surface area contributed by atoms with Crippen molar-refractivity contribution in [1.82, 2.24) is 19.9 Å². The predicted molar refractivity (Wildman–Crippen MR) is 73.1 cm³/mol. The summed E-state index contributed by atoms with van der Waals surface area (Å²) in [6.45, 7) is 3.56. The molecular formula is C13H23N5O2. The fourth-order valence-electron chi connectivity index (χ4n) is 2.86. The highest BCUT2D eigenvalue weighted by molar-refractivity contribution is 5.00. The fourth-order valence-corrected chi connectivity index (χ4v) is 2.86. The van der Waals surface area contributed by atoms with E-state index in [1.54, 1.807) is 0 Å². The van der Waals surface area contributed by atoms with Crippen molar-refractivity contribution in [3.63, 3.8) is 0 Å². The zero-order valence-corrected chi connectivity index (χ0v) is 12.2. The standard InChI is InChI=1S/C13H23N5O2/c1-17-5-6-18(2)10(8-17)12-15-13(20-16-12)11-4-3-9(7-14)19-11/h9-11H,3-8,14H2,1-2H3. The van der Waals surface area contributed by atoms with E-state index in [2.05, 4.69) is 34.0 Å². The third-order valence-electron chi connectivity index (χ3n) is 4.25. The van der Waals surface area contributed by atoms with Crippen LogP contribution in [-0.2, 0) is 4.74 Å². The van der Waals surface area contributed by atoms with E-state index in [1.165, 1.54) is 0 Å². The molecule has 3 heterocycles. The molecule has 0 aromatic carbocycles. The molecule has 20 heavy (non-hydrogen) atoms. The lowest BCUT2D eigenvalue weighted by molar-refractivity contribution is 0.0307. The van der Waals surface area contributed by atoms with Crippen LogP contribution in [0.1, 0.15) is 36.7 Å². The van der Waals surface area contributed by atoms with Crippen LogP contribution in [0, 0.1) is 0 Å². The highest BCUT2D eigenvalue weighted by atomic mass is 16.5. The number of likely N-dealkylation sites (N-methyl/N-ethyl adjacent to an activating group) is 2. The molecule has 0 aliphatic carbocycles. The SMILES string of the molecule is CN1CCN(C)C(c2noc(C3CCC(CN)O3)n2)C1. The van der Waals surface area contributed by atoms with E-state index in [4.69, 9.17) is 15.0 Å². The minimum atomic E-state index is -0.0866. The quantitative estimate of drug-likeness (QED) is 0.845. The van der Waals surface area contributed by atoms with Crippen molar-refractivity contribution in [2.75, 3.05) is 40.3 Å². The summed E-state index contributed by atoms with van der Waals surface area (Å²) in [6.07, 6.45) is 1.91. The summed E-state index contributed by atoms with van der Waals surface area (Å²) in [5, 5.41) is 4.15. The Labute approximate surface area is 119 Å². The maximum absolute atomic E-state index is 5.80. The third kappa shape index (κ3) is 2.71. The third-order valence-corrected chi connectivity index (χ3v) is 4.25. The smallest absolute Gasteiger partial charge is 0.255 e. The first-order valence-corrected chi connectivity index (χ1v) is 7.25. The van der Waals surface area contributed by atoms with Gasteiger partial charge in [0.15, 0.2) is 5.82 Å². The summed E-state index contributed by atoms with van der Waals surface area (Å²) < 4.78 is 11.2. The zero-order chi connectivity index (χ0) is 14.1. The minimum absolute atomic E-state index is 0.0866. The number of nitrogens with zero attached hydrogens (tertiary/aromatic N) is 4. The molecule has 3 rings (SSSR count). The van der Waals surface area contributed by atoms with Gasteiger partial charge in [-0.3, -0.25) is 4.90 Å². The van der Waals surface area contributed by atoms with Crippen molar-refractivity contribution in [3.05, 3.63) is 11.7 Å². The molecule has 1 aromatic heterocycles. The van der Waals surface area contributed by atoms with Gasteiger partial charge >= 0.3 is 0 Å². The lowest BCUT2D eigenvalue weighted by Crippen LogP contribution is -2.45. The molecule has 7 heteroatoms. The molecule has 2 N–H and O–H groups in total. The Morgan fingerprint density at radius 3 is 2.90 bits per heavy atom. The van der Waals surface area contributed by atoms with Crippen LogP contribution in [0.25, 0.3) is 0 Å². The summed E-state index contributed by atoms with van der Waals surface area (Å²) in [5.41, 5.74) is 5.63. The zero-order valence-electron chi connectivity index (χ0n) is 12.2. The van der Waals surface area contributed by atoms with Crippen LogP contribution in [0.5, 0.6) is 0 Å². The fraction of sp³-hybridized carbons (Fsp3) is 0.846. The van der Waals surface area contributed by atoms with E-state index in [9.17, 15) is 0 Å². The van der Waals surface area contributed by atoms with E-state index in [0.717, 1.165) is 38.3 Å². The molecule has 112 valence electrons. The Balaban J connectivity index is 1.70. The van der Waals surface area contributed by atoms with Gasteiger partial charge in [-0.15, -0.1) is 0 Å². The second-order valence-corrected chi connectivity index (χ2v) is 5.81. The molecule has 7 nitrogen and oxygen atoms in total. The maximum atomic E-state index is 5.80. The van der Waals surface area contributed by atoms with Crippen molar-refractivity contribution in [2.45, 2.75) is 31.1 Å². The molecule has 0 spiro atoms. The largest absolute Gasteiger partial charge is 0.364 e. The van der Waals surface area contributed by atoms with Crippen LogP contribution < -0.4 is 5.73 Å². The van der Waals surface area contributed by atoms with Gasteiger partial charge in [0.25, 0.3) is 5.89 Å². The van der Waals surface area contributed by atoms with Gasteiger partial charge in [0.1, 0.15) is 6.10 Å². The lowest BCUT2D eigenvalue weighted by atomic mass is 10.1. The van der Waals surface area contributed by atoms with E-state index in [0.29, 0.717) is 12.4 Å². The van der Waals surface area contributed by atoms with Crippen molar-refractivity contribution < 1.29 is 9.26 Å². The first kappa shape index (κ1) is 13.9. The molecule has 3 atom stereocenters. The van der Waals surface area contributed by atoms with Gasteiger partial charge in [-0.25, -0.2) is 0 Å². The van der Waals surface area contributed by atoms with Crippen molar-refractivity contribution >= 4 is 0 Å². The average molecular weight is 281 g/mol. The van der Waals surface area contributed by atoms with Gasteiger partial charge in [0.2, 0.25) is 0 Å². The van der Waals surface area contributed by atoms with E-state index < -0.39 is 0 Å². The molecule has 0 radical (unpaired) electrons. The summed E-state index contributed by atoms with van der Waals surface area (Å²) >= 11 is 0. The van der Waals surface area contributed by atoms with Gasteiger partial charge in [-0.05, 0) is 26.9 Å². The first-order chi connectivity index (χ1) is 9.67. The van der Waals surface area contributed by atoms with Crippen molar-refractivity contribution in [1.29, 1.82) is 0 Å². The van der Waals surface area contributed by atoms with Gasteiger partial charge in [0, 0.05) is 26.2 Å². The molecule has 0 amide bonds. The second-order valence-electron chi connectivity index (χ2n) is 5.81. The molecule has 2 fully saturated rings. The van der Waals surface area contributed by atoms with E-state index in [1.807, 2.05) is 0 Å². The highest BCUT2D eigenvalue weighted by Crippen LogP contribution is 2.32. The Morgan fingerprint density at radius 2 is 2.15 bits per heavy atom. The monoisotopic (exact) mass is 281 g/mol. The van der Waals surface area contributed by atoms with Gasteiger partial charge in [0.05, 0.1) is 12.1 Å². The van der Waals surface area contributed by atoms with E-state index in [-0.39, 0.29) is 18.2 Å². The predicted octanol–water partition coefficient (Wildman–Crippen LogP) is 0.167. The number of hydrogen-bond donors (Lipinski definition) is 1. The number of aromatic nitrogens is 2. The summed E-state index contributed by atoms with van der Waals surface area (Å²) in [5.74, 6) is 1.35. The van der Waals surface area contributed by atoms with Crippen molar-refractivity contribution in [3.8, 4) is 0 Å². The van der Waals surface area contributed by atoms with Crippen LogP contribution in [-0.4, -0.2) is 66.3 Å². The first-order valence-electron chi connectivity index (χ1n) is 7.25. The number of hydrogen-bond acceptors (Lipinski definition) is 7. The summed E-state index contributed by atoms with van der Waals surface area (Å²) in [4.78, 5) is 9.12. The molecule has 2 saturated heterocycles. The number of ether oxygens (including phenoxy) is 1. The number of piperazine rings is 1. The molecule has 0 bridgehead atoms. The van der Waals surface area contributed by atoms with Crippen LogP contribution in [0.2, 0.25) is 0 Å². The topological polar surface area (TPSA) is 80.7 Å². The van der Waals surface area contributed by atoms with Gasteiger partial charge in [-0.1, -0.05) is 5.16 Å². The molecule has 1 aromatic rings. The Bertz CT molecular complexity index is 452. The molecular weight excluding hydrogens is 258 g/mol. The average Bonchev–Trinajstić information content (AvgIpc) is 3.09. The molecule has 2 aliphatic heterocycles. The molecule has 3 unspecified atom stereocenters. The van der Waals surface area contributed by atoms with Crippen LogP contribution in [0.4, 0.5) is 0 Å². The normalized spacial score (nSPS) is 32.9. The number of nitrogens with two attached hydrogens (primary N) is 1. The molecule has 2 aliphatic rings. The number of rotatable bonds is 3. The maximum Gasteiger partial charge on any atom is 0.255 e. The van der Waals surface area contributed by atoms with Gasteiger partial charge < -0.3 is 19.9 Å². The van der Waals surface area contributed by atoms with Crippen LogP contribution >= 0.6 is 0 Å². The molecule has 0 saturated carbocycles. The summed E-state index contributed by atoms with van der Waals surface area (Å²) in [7, 11) is 4.22. The van der Waals surface area contributed by atoms with Crippen LogP contribution in [0.15, 0.2) is 4.52 Å². The highest BCUT2D eigenvalue weighted by Gasteiger charge is 2.33. The van der Waals surface area contributed by atoms with E-state index >= 15 is 0 Å². The van der Waals surface area contributed by atoms with Crippen molar-refractivity contribution in [2.24, 2.45) is 5.73 Å².